The predicted molar refractivity (Wildman–Crippen MR) is 72.1 cm³/mol. The zero-order chi connectivity index (χ0) is 11.7. The second-order valence-electron chi connectivity index (χ2n) is 3.40. The van der Waals surface area contributed by atoms with Crippen LogP contribution in [0.1, 0.15) is 5.69 Å². The number of hydrogen-bond donors (Lipinski definition) is 0. The molecule has 0 saturated heterocycles. The second kappa shape index (κ2) is 4.74. The van der Waals surface area contributed by atoms with E-state index in [2.05, 4.69) is 20.9 Å². The molecule has 2 rings (SSSR count). The molecule has 0 unspecified atom stereocenters. The minimum absolute atomic E-state index is 0.491. The van der Waals surface area contributed by atoms with Gasteiger partial charge < -0.3 is 0 Å². The molecule has 1 heterocycles. The van der Waals surface area contributed by atoms with Gasteiger partial charge in [-0.3, -0.25) is 0 Å². The van der Waals surface area contributed by atoms with Crippen LogP contribution in [0.15, 0.2) is 34.8 Å². The lowest BCUT2D eigenvalue weighted by atomic mass is 10.1. The van der Waals surface area contributed by atoms with Crippen LogP contribution in [0.4, 0.5) is 0 Å². The van der Waals surface area contributed by atoms with Gasteiger partial charge in [0.05, 0.1) is 5.69 Å². The molecule has 1 aromatic carbocycles. The van der Waals surface area contributed by atoms with E-state index < -0.39 is 0 Å². The number of aryl methyl sites for hydroxylation is 1. The quantitative estimate of drug-likeness (QED) is 0.665. The summed E-state index contributed by atoms with van der Waals surface area (Å²) < 4.78 is 0.958. The number of pyridine rings is 1. The van der Waals surface area contributed by atoms with Crippen molar-refractivity contribution in [3.05, 3.63) is 50.7 Å². The Hall–Kier alpha value is -0.570. The van der Waals surface area contributed by atoms with Crippen molar-refractivity contribution in [3.63, 3.8) is 0 Å². The van der Waals surface area contributed by atoms with E-state index in [-0.39, 0.29) is 0 Å². The van der Waals surface area contributed by atoms with Gasteiger partial charge in [-0.15, -0.1) is 0 Å². The molecular formula is C12H8BrCl2N. The van der Waals surface area contributed by atoms with Crippen molar-refractivity contribution in [2.24, 2.45) is 0 Å². The summed E-state index contributed by atoms with van der Waals surface area (Å²) in [5.74, 6) is 0. The average molecular weight is 317 g/mol. The Kier molecular flexibility index (Phi) is 3.53. The number of benzene rings is 1. The molecule has 0 aliphatic carbocycles. The fraction of sp³-hybridized carbons (Fsp3) is 0.0833. The maximum absolute atomic E-state index is 5.95. The van der Waals surface area contributed by atoms with Gasteiger partial charge in [-0.05, 0) is 46.6 Å². The average Bonchev–Trinajstić information content (AvgIpc) is 2.25. The fourth-order valence-corrected chi connectivity index (χ4v) is 2.25. The summed E-state index contributed by atoms with van der Waals surface area (Å²) in [6.45, 7) is 1.91. The molecule has 0 amide bonds. The fourth-order valence-electron chi connectivity index (χ4n) is 1.46. The highest BCUT2D eigenvalue weighted by Crippen LogP contribution is 2.32. The molecule has 0 atom stereocenters. The van der Waals surface area contributed by atoms with E-state index in [9.17, 15) is 0 Å². The van der Waals surface area contributed by atoms with Gasteiger partial charge in [0.2, 0.25) is 0 Å². The summed E-state index contributed by atoms with van der Waals surface area (Å²) >= 11 is 15.3. The van der Waals surface area contributed by atoms with Crippen LogP contribution in [-0.2, 0) is 0 Å². The maximum Gasteiger partial charge on any atom is 0.130 e. The van der Waals surface area contributed by atoms with Crippen LogP contribution in [0.5, 0.6) is 0 Å². The molecule has 2 aromatic rings. The number of halogens is 3. The lowest BCUT2D eigenvalue weighted by Gasteiger charge is -2.07. The number of hydrogen-bond acceptors (Lipinski definition) is 1. The molecule has 16 heavy (non-hydrogen) atoms. The molecule has 0 aliphatic rings. The second-order valence-corrected chi connectivity index (χ2v) is 5.02. The molecule has 1 nitrogen and oxygen atoms in total. The highest BCUT2D eigenvalue weighted by Gasteiger charge is 2.08. The van der Waals surface area contributed by atoms with E-state index >= 15 is 0 Å². The first-order valence-electron chi connectivity index (χ1n) is 4.66. The standard InChI is InChI=1S/C12H8BrCl2N/c1-7-12(13)10(6-11(15)16-7)8-2-4-9(14)5-3-8/h2-6H,1H3. The summed E-state index contributed by atoms with van der Waals surface area (Å²) in [4.78, 5) is 4.17. The van der Waals surface area contributed by atoms with Gasteiger partial charge in [0, 0.05) is 15.1 Å². The Morgan fingerprint density at radius 3 is 2.38 bits per heavy atom. The van der Waals surface area contributed by atoms with Crippen molar-refractivity contribution in [1.29, 1.82) is 0 Å². The SMILES string of the molecule is Cc1nc(Cl)cc(-c2ccc(Cl)cc2)c1Br. The Morgan fingerprint density at radius 1 is 1.12 bits per heavy atom. The van der Waals surface area contributed by atoms with Gasteiger partial charge in [0.25, 0.3) is 0 Å². The summed E-state index contributed by atoms with van der Waals surface area (Å²) in [6, 6.07) is 9.46. The van der Waals surface area contributed by atoms with E-state index in [1.54, 1.807) is 0 Å². The van der Waals surface area contributed by atoms with Gasteiger partial charge in [0.1, 0.15) is 5.15 Å². The Labute approximate surface area is 113 Å². The van der Waals surface area contributed by atoms with Crippen LogP contribution in [0.25, 0.3) is 11.1 Å². The summed E-state index contributed by atoms with van der Waals surface area (Å²) in [5.41, 5.74) is 2.95. The third-order valence-electron chi connectivity index (χ3n) is 2.25. The van der Waals surface area contributed by atoms with Gasteiger partial charge >= 0.3 is 0 Å². The molecule has 0 radical (unpaired) electrons. The first-order chi connectivity index (χ1) is 7.58. The van der Waals surface area contributed by atoms with E-state index in [0.717, 1.165) is 26.3 Å². The van der Waals surface area contributed by atoms with Crippen molar-refractivity contribution in [1.82, 2.24) is 4.98 Å². The van der Waals surface area contributed by atoms with Gasteiger partial charge in [-0.2, -0.15) is 0 Å². The van der Waals surface area contributed by atoms with Crippen molar-refractivity contribution in [3.8, 4) is 11.1 Å². The van der Waals surface area contributed by atoms with Crippen molar-refractivity contribution in [2.75, 3.05) is 0 Å². The molecule has 0 spiro atoms. The molecule has 0 bridgehead atoms. The van der Waals surface area contributed by atoms with E-state index in [0.29, 0.717) is 5.15 Å². The highest BCUT2D eigenvalue weighted by atomic mass is 79.9. The predicted octanol–water partition coefficient (Wildman–Crippen LogP) is 5.13. The molecular weight excluding hydrogens is 309 g/mol. The molecule has 0 aliphatic heterocycles. The van der Waals surface area contributed by atoms with Crippen LogP contribution >= 0.6 is 39.1 Å². The normalized spacial score (nSPS) is 10.5. The van der Waals surface area contributed by atoms with E-state index in [4.69, 9.17) is 23.2 Å². The van der Waals surface area contributed by atoms with Crippen LogP contribution in [0.2, 0.25) is 10.2 Å². The largest absolute Gasteiger partial charge is 0.240 e. The van der Waals surface area contributed by atoms with Crippen LogP contribution < -0.4 is 0 Å². The lowest BCUT2D eigenvalue weighted by Crippen LogP contribution is -1.88. The minimum atomic E-state index is 0.491. The van der Waals surface area contributed by atoms with Gasteiger partial charge in [-0.1, -0.05) is 35.3 Å². The Balaban J connectivity index is 2.59. The molecule has 4 heteroatoms. The van der Waals surface area contributed by atoms with E-state index in [1.165, 1.54) is 0 Å². The van der Waals surface area contributed by atoms with Crippen LogP contribution in [-0.4, -0.2) is 4.98 Å². The van der Waals surface area contributed by atoms with Crippen LogP contribution in [0.3, 0.4) is 0 Å². The lowest BCUT2D eigenvalue weighted by molar-refractivity contribution is 1.18. The third kappa shape index (κ3) is 2.40. The van der Waals surface area contributed by atoms with Gasteiger partial charge in [0.15, 0.2) is 0 Å². The summed E-state index contributed by atoms with van der Waals surface area (Å²) in [7, 11) is 0. The zero-order valence-electron chi connectivity index (χ0n) is 8.47. The first-order valence-corrected chi connectivity index (χ1v) is 6.21. The molecule has 82 valence electrons. The summed E-state index contributed by atoms with van der Waals surface area (Å²) in [6.07, 6.45) is 0. The molecule has 0 saturated carbocycles. The van der Waals surface area contributed by atoms with Crippen molar-refractivity contribution < 1.29 is 0 Å². The number of nitrogens with zero attached hydrogens (tertiary/aromatic N) is 1. The zero-order valence-corrected chi connectivity index (χ0v) is 11.6. The summed E-state index contributed by atoms with van der Waals surface area (Å²) in [5, 5.41) is 1.21. The Bertz CT molecular complexity index is 523. The molecule has 0 N–H and O–H groups in total. The Morgan fingerprint density at radius 2 is 1.75 bits per heavy atom. The molecule has 1 aromatic heterocycles. The number of rotatable bonds is 1. The van der Waals surface area contributed by atoms with Crippen LogP contribution in [0, 0.1) is 6.92 Å². The maximum atomic E-state index is 5.95. The molecule has 0 fully saturated rings. The smallest absolute Gasteiger partial charge is 0.130 e. The highest BCUT2D eigenvalue weighted by molar-refractivity contribution is 9.10. The van der Waals surface area contributed by atoms with Gasteiger partial charge in [-0.25, -0.2) is 4.98 Å². The first kappa shape index (κ1) is 11.9. The minimum Gasteiger partial charge on any atom is -0.240 e. The number of aromatic nitrogens is 1. The topological polar surface area (TPSA) is 12.9 Å². The monoisotopic (exact) mass is 315 g/mol. The van der Waals surface area contributed by atoms with E-state index in [1.807, 2.05) is 37.3 Å². The van der Waals surface area contributed by atoms with Crippen molar-refractivity contribution in [2.45, 2.75) is 6.92 Å². The third-order valence-corrected chi connectivity index (χ3v) is 3.69. The van der Waals surface area contributed by atoms with Crippen molar-refractivity contribution >= 4 is 39.1 Å².